The number of rotatable bonds is 5. The Morgan fingerprint density at radius 2 is 1.86 bits per heavy atom. The predicted octanol–water partition coefficient (Wildman–Crippen LogP) is 2.12. The molecule has 0 rings (SSSR count). The van der Waals surface area contributed by atoms with Gasteiger partial charge in [0.2, 0.25) is 0 Å². The molecule has 0 spiro atoms. The highest BCUT2D eigenvalue weighted by Gasteiger charge is 2.20. The first-order chi connectivity index (χ1) is 6.22. The molecule has 1 unspecified atom stereocenters. The Bertz CT molecular complexity index is 182. The van der Waals surface area contributed by atoms with Crippen LogP contribution in [0.4, 0.5) is 0 Å². The van der Waals surface area contributed by atoms with Crippen LogP contribution in [0.15, 0.2) is 0 Å². The molecule has 3 nitrogen and oxygen atoms in total. The highest BCUT2D eigenvalue weighted by molar-refractivity contribution is 5.73. The fourth-order valence-corrected chi connectivity index (χ4v) is 1.17. The van der Waals surface area contributed by atoms with Gasteiger partial charge in [0, 0.05) is 6.54 Å². The third kappa shape index (κ3) is 6.89. The summed E-state index contributed by atoms with van der Waals surface area (Å²) in [7, 11) is 0. The van der Waals surface area contributed by atoms with Gasteiger partial charge in [0.05, 0.1) is 0 Å². The van der Waals surface area contributed by atoms with Crippen molar-refractivity contribution < 1.29 is 9.90 Å². The van der Waals surface area contributed by atoms with Crippen molar-refractivity contribution in [2.24, 2.45) is 11.3 Å². The van der Waals surface area contributed by atoms with Crippen molar-refractivity contribution in [2.45, 2.75) is 47.1 Å². The van der Waals surface area contributed by atoms with Gasteiger partial charge in [-0.3, -0.25) is 4.79 Å². The smallest absolute Gasteiger partial charge is 0.320 e. The number of hydrogen-bond donors (Lipinski definition) is 2. The van der Waals surface area contributed by atoms with Crippen LogP contribution in [0, 0.1) is 11.3 Å². The van der Waals surface area contributed by atoms with Gasteiger partial charge in [-0.25, -0.2) is 0 Å². The molecule has 2 N–H and O–H groups in total. The first-order valence-electron chi connectivity index (χ1n) is 5.18. The third-order valence-electron chi connectivity index (χ3n) is 1.88. The molecule has 0 amide bonds. The van der Waals surface area contributed by atoms with Crippen LogP contribution >= 0.6 is 0 Å². The summed E-state index contributed by atoms with van der Waals surface area (Å²) in [5.41, 5.74) is 0.130. The maximum atomic E-state index is 10.9. The van der Waals surface area contributed by atoms with E-state index in [2.05, 4.69) is 26.1 Å². The van der Waals surface area contributed by atoms with Gasteiger partial charge in [-0.15, -0.1) is 0 Å². The van der Waals surface area contributed by atoms with Crippen LogP contribution < -0.4 is 5.32 Å². The van der Waals surface area contributed by atoms with E-state index in [0.717, 1.165) is 6.54 Å². The minimum atomic E-state index is -0.747. The Morgan fingerprint density at radius 1 is 1.36 bits per heavy atom. The Morgan fingerprint density at radius 3 is 2.14 bits per heavy atom. The summed E-state index contributed by atoms with van der Waals surface area (Å²) in [6.45, 7) is 11.1. The summed E-state index contributed by atoms with van der Waals surface area (Å²) in [5.74, 6) is -0.341. The molecule has 84 valence electrons. The normalized spacial score (nSPS) is 14.4. The highest BCUT2D eigenvalue weighted by atomic mass is 16.4. The van der Waals surface area contributed by atoms with E-state index >= 15 is 0 Å². The molecule has 0 saturated heterocycles. The standard InChI is InChI=1S/C11H23NO2/c1-8(2)6-9(10(13)14)12-7-11(3,4)5/h8-9,12H,6-7H2,1-5H3,(H,13,14). The van der Waals surface area contributed by atoms with Crippen LogP contribution in [0.3, 0.4) is 0 Å². The first-order valence-corrected chi connectivity index (χ1v) is 5.18. The molecule has 0 aliphatic heterocycles. The van der Waals surface area contributed by atoms with Crippen LogP contribution in [0.1, 0.15) is 41.0 Å². The van der Waals surface area contributed by atoms with Gasteiger partial charge < -0.3 is 10.4 Å². The van der Waals surface area contributed by atoms with Crippen molar-refractivity contribution in [1.29, 1.82) is 0 Å². The number of hydrogen-bond acceptors (Lipinski definition) is 2. The van der Waals surface area contributed by atoms with Crippen molar-refractivity contribution in [1.82, 2.24) is 5.32 Å². The molecule has 0 fully saturated rings. The number of carboxylic acid groups (broad SMARTS) is 1. The Hall–Kier alpha value is -0.570. The van der Waals surface area contributed by atoms with Gasteiger partial charge in [-0.05, 0) is 17.8 Å². The van der Waals surface area contributed by atoms with Gasteiger partial charge in [-0.1, -0.05) is 34.6 Å². The Labute approximate surface area is 86.9 Å². The largest absolute Gasteiger partial charge is 0.480 e. The molecule has 3 heteroatoms. The minimum Gasteiger partial charge on any atom is -0.480 e. The number of nitrogens with one attached hydrogen (secondary N) is 1. The van der Waals surface area contributed by atoms with Crippen LogP contribution in [0.25, 0.3) is 0 Å². The lowest BCUT2D eigenvalue weighted by Gasteiger charge is -2.23. The van der Waals surface area contributed by atoms with Gasteiger partial charge in [0.15, 0.2) is 0 Å². The van der Waals surface area contributed by atoms with E-state index in [1.54, 1.807) is 0 Å². The fourth-order valence-electron chi connectivity index (χ4n) is 1.17. The zero-order valence-electron chi connectivity index (χ0n) is 9.92. The number of carbonyl (C=O) groups is 1. The molecule has 0 saturated carbocycles. The van der Waals surface area contributed by atoms with Crippen LogP contribution in [0.5, 0.6) is 0 Å². The second-order valence-electron chi connectivity index (χ2n) is 5.46. The van der Waals surface area contributed by atoms with Crippen LogP contribution in [-0.4, -0.2) is 23.7 Å². The molecule has 0 aliphatic carbocycles. The lowest BCUT2D eigenvalue weighted by atomic mass is 9.95. The van der Waals surface area contributed by atoms with Crippen molar-refractivity contribution in [2.75, 3.05) is 6.54 Å². The summed E-state index contributed by atoms with van der Waals surface area (Å²) in [6, 6.07) is -0.408. The van der Waals surface area contributed by atoms with E-state index in [-0.39, 0.29) is 5.41 Å². The molecule has 0 aromatic heterocycles. The fraction of sp³-hybridized carbons (Fsp3) is 0.909. The maximum Gasteiger partial charge on any atom is 0.320 e. The molecule has 0 radical (unpaired) electrons. The second-order valence-corrected chi connectivity index (χ2v) is 5.46. The molecule has 0 aromatic carbocycles. The average Bonchev–Trinajstić information content (AvgIpc) is 1.94. The third-order valence-corrected chi connectivity index (χ3v) is 1.88. The van der Waals surface area contributed by atoms with Gasteiger partial charge in [0.1, 0.15) is 6.04 Å². The van der Waals surface area contributed by atoms with E-state index in [4.69, 9.17) is 5.11 Å². The summed E-state index contributed by atoms with van der Waals surface area (Å²) in [4.78, 5) is 10.9. The van der Waals surface area contributed by atoms with Gasteiger partial charge in [0.25, 0.3) is 0 Å². The molecule has 14 heavy (non-hydrogen) atoms. The van der Waals surface area contributed by atoms with Crippen molar-refractivity contribution in [3.63, 3.8) is 0 Å². The quantitative estimate of drug-likeness (QED) is 0.716. The van der Waals surface area contributed by atoms with E-state index in [9.17, 15) is 4.79 Å². The summed E-state index contributed by atoms with van der Waals surface area (Å²) < 4.78 is 0. The van der Waals surface area contributed by atoms with E-state index < -0.39 is 12.0 Å². The van der Waals surface area contributed by atoms with E-state index in [1.807, 2.05) is 13.8 Å². The number of aliphatic carboxylic acids is 1. The molecular weight excluding hydrogens is 178 g/mol. The maximum absolute atomic E-state index is 10.9. The minimum absolute atomic E-state index is 0.130. The second kappa shape index (κ2) is 5.35. The van der Waals surface area contributed by atoms with Crippen molar-refractivity contribution >= 4 is 5.97 Å². The summed E-state index contributed by atoms with van der Waals surface area (Å²) in [5, 5.41) is 12.0. The summed E-state index contributed by atoms with van der Waals surface area (Å²) in [6.07, 6.45) is 0.686. The van der Waals surface area contributed by atoms with Gasteiger partial charge in [-0.2, -0.15) is 0 Å². The molecular formula is C11H23NO2. The Kier molecular flexibility index (Phi) is 5.13. The SMILES string of the molecule is CC(C)CC(NCC(C)(C)C)C(=O)O. The molecule has 0 aliphatic rings. The molecule has 0 heterocycles. The lowest BCUT2D eigenvalue weighted by Crippen LogP contribution is -2.41. The zero-order valence-corrected chi connectivity index (χ0v) is 9.92. The highest BCUT2D eigenvalue weighted by Crippen LogP contribution is 2.12. The molecule has 1 atom stereocenters. The van der Waals surface area contributed by atoms with Crippen molar-refractivity contribution in [3.8, 4) is 0 Å². The number of carboxylic acids is 1. The molecule has 0 aromatic rings. The van der Waals surface area contributed by atoms with Crippen molar-refractivity contribution in [3.05, 3.63) is 0 Å². The lowest BCUT2D eigenvalue weighted by molar-refractivity contribution is -0.140. The summed E-state index contributed by atoms with van der Waals surface area (Å²) >= 11 is 0. The topological polar surface area (TPSA) is 49.3 Å². The van der Waals surface area contributed by atoms with E-state index in [1.165, 1.54) is 0 Å². The monoisotopic (exact) mass is 201 g/mol. The predicted molar refractivity (Wildman–Crippen MR) is 58.3 cm³/mol. The molecule has 0 bridgehead atoms. The average molecular weight is 201 g/mol. The van der Waals surface area contributed by atoms with E-state index in [0.29, 0.717) is 12.3 Å². The van der Waals surface area contributed by atoms with Crippen LogP contribution in [0.2, 0.25) is 0 Å². The van der Waals surface area contributed by atoms with Gasteiger partial charge >= 0.3 is 5.97 Å². The first kappa shape index (κ1) is 13.4. The Balaban J connectivity index is 4.05. The zero-order chi connectivity index (χ0) is 11.4. The van der Waals surface area contributed by atoms with Crippen LogP contribution in [-0.2, 0) is 4.79 Å².